The van der Waals surface area contributed by atoms with E-state index < -0.39 is 6.29 Å². The maximum Gasteiger partial charge on any atom is 0.253 e. The van der Waals surface area contributed by atoms with E-state index in [0.29, 0.717) is 24.3 Å². The Morgan fingerprint density at radius 2 is 1.79 bits per heavy atom. The third-order valence-corrected chi connectivity index (χ3v) is 8.24. The second kappa shape index (κ2) is 13.7. The number of hydrogen-bond donors (Lipinski definition) is 3. The number of ether oxygens (including phenoxy) is 2. The molecule has 9 nitrogen and oxygen atoms in total. The number of aromatic amines is 1. The van der Waals surface area contributed by atoms with Crippen molar-refractivity contribution in [1.82, 2.24) is 25.5 Å². The number of hydrogen-bond acceptors (Lipinski definition) is 8. The topological polar surface area (TPSA) is 122 Å². The average Bonchev–Trinajstić information content (AvgIpc) is 3.61. The molecule has 0 radical (unpaired) electrons. The average molecular weight is 594 g/mol. The summed E-state index contributed by atoms with van der Waals surface area (Å²) >= 11 is 1.57. The molecule has 0 aliphatic carbocycles. The molecule has 1 saturated heterocycles. The van der Waals surface area contributed by atoms with Crippen molar-refractivity contribution in [2.24, 2.45) is 0 Å². The zero-order valence-corrected chi connectivity index (χ0v) is 24.1. The van der Waals surface area contributed by atoms with Gasteiger partial charge in [-0.1, -0.05) is 78.5 Å². The summed E-state index contributed by atoms with van der Waals surface area (Å²) < 4.78 is 12.9. The maximum absolute atomic E-state index is 12.4. The van der Waals surface area contributed by atoms with Crippen LogP contribution >= 0.6 is 11.8 Å². The molecule has 3 heterocycles. The van der Waals surface area contributed by atoms with Crippen LogP contribution in [-0.2, 0) is 22.6 Å². The molecule has 3 N–H and O–H groups in total. The Morgan fingerprint density at radius 1 is 0.953 bits per heavy atom. The Bertz CT molecular complexity index is 1620. The van der Waals surface area contributed by atoms with Gasteiger partial charge in [-0.2, -0.15) is 5.10 Å². The highest BCUT2D eigenvalue weighted by Crippen LogP contribution is 2.39. The minimum Gasteiger partial charge on any atom is -0.392 e. The second-order valence-corrected chi connectivity index (χ2v) is 11.2. The van der Waals surface area contributed by atoms with Crippen molar-refractivity contribution in [2.75, 3.05) is 5.75 Å². The van der Waals surface area contributed by atoms with Crippen LogP contribution in [0.15, 0.2) is 109 Å². The Kier molecular flexibility index (Phi) is 9.19. The number of thioether (sulfide) groups is 1. The van der Waals surface area contributed by atoms with E-state index in [1.165, 1.54) is 6.33 Å². The van der Waals surface area contributed by atoms with Gasteiger partial charge < -0.3 is 19.9 Å². The molecule has 43 heavy (non-hydrogen) atoms. The molecule has 1 aliphatic rings. The third kappa shape index (κ3) is 7.36. The summed E-state index contributed by atoms with van der Waals surface area (Å²) in [4.78, 5) is 20.7. The monoisotopic (exact) mass is 593 g/mol. The van der Waals surface area contributed by atoms with Gasteiger partial charge in [-0.05, 0) is 46.0 Å². The third-order valence-electron chi connectivity index (χ3n) is 7.23. The van der Waals surface area contributed by atoms with Gasteiger partial charge in [-0.3, -0.25) is 14.9 Å². The molecule has 3 aromatic carbocycles. The number of amides is 1. The fourth-order valence-electron chi connectivity index (χ4n) is 4.93. The Hall–Kier alpha value is -4.35. The summed E-state index contributed by atoms with van der Waals surface area (Å²) in [5.41, 5.74) is 6.46. The zero-order chi connectivity index (χ0) is 29.4. The smallest absolute Gasteiger partial charge is 0.253 e. The minimum atomic E-state index is -0.542. The standard InChI is InChI=1S/C33H31N5O4S/c39-19-22-6-8-25(9-7-22)30-16-29(20-43-33-36-21-37-38-33)41-32(42-30)26-12-10-24(11-13-26)27-4-1-3-23(15-27)17-35-31(40)28-5-2-14-34-18-28/h1-15,18,21,29-30,32,39H,16-17,19-20H2,(H,35,40)(H,36,37,38)/t29-,30+,32+/m1/s1. The van der Waals surface area contributed by atoms with Crippen molar-refractivity contribution in [3.05, 3.63) is 131 Å². The van der Waals surface area contributed by atoms with Crippen molar-refractivity contribution in [2.45, 2.75) is 43.2 Å². The molecule has 1 aliphatic heterocycles. The summed E-state index contributed by atoms with van der Waals surface area (Å²) in [6, 6.07) is 27.7. The lowest BCUT2D eigenvalue weighted by Crippen LogP contribution is -2.31. The molecular weight excluding hydrogens is 562 g/mol. The van der Waals surface area contributed by atoms with Crippen LogP contribution in [0.5, 0.6) is 0 Å². The fourth-order valence-corrected chi connectivity index (χ4v) is 5.73. The number of aliphatic hydroxyl groups is 1. The lowest BCUT2D eigenvalue weighted by atomic mass is 9.99. The maximum atomic E-state index is 12.4. The molecule has 3 atom stereocenters. The van der Waals surface area contributed by atoms with Gasteiger partial charge in [-0.25, -0.2) is 4.98 Å². The van der Waals surface area contributed by atoms with E-state index in [2.05, 4.69) is 49.7 Å². The number of aromatic nitrogens is 4. The fraction of sp³-hybridized carbons (Fsp3) is 0.212. The molecule has 1 fully saturated rings. The van der Waals surface area contributed by atoms with E-state index >= 15 is 0 Å². The Morgan fingerprint density at radius 3 is 2.53 bits per heavy atom. The Balaban J connectivity index is 1.15. The van der Waals surface area contributed by atoms with E-state index in [9.17, 15) is 9.90 Å². The number of pyridine rings is 1. The lowest BCUT2D eigenvalue weighted by molar-refractivity contribution is -0.245. The first kappa shape index (κ1) is 28.8. The highest BCUT2D eigenvalue weighted by molar-refractivity contribution is 7.99. The van der Waals surface area contributed by atoms with Gasteiger partial charge in [0.2, 0.25) is 0 Å². The van der Waals surface area contributed by atoms with Crippen LogP contribution in [-0.4, -0.2) is 43.0 Å². The van der Waals surface area contributed by atoms with E-state index in [1.807, 2.05) is 48.5 Å². The van der Waals surface area contributed by atoms with E-state index in [4.69, 9.17) is 9.47 Å². The van der Waals surface area contributed by atoms with Crippen molar-refractivity contribution >= 4 is 17.7 Å². The predicted octanol–water partition coefficient (Wildman–Crippen LogP) is 5.63. The lowest BCUT2D eigenvalue weighted by Gasteiger charge is -2.36. The molecule has 6 rings (SSSR count). The van der Waals surface area contributed by atoms with Crippen LogP contribution in [0.4, 0.5) is 0 Å². The van der Waals surface area contributed by atoms with Crippen molar-refractivity contribution in [3.8, 4) is 11.1 Å². The second-order valence-electron chi connectivity index (χ2n) is 10.2. The van der Waals surface area contributed by atoms with Gasteiger partial charge >= 0.3 is 0 Å². The van der Waals surface area contributed by atoms with E-state index in [1.54, 1.807) is 36.3 Å². The number of benzene rings is 3. The van der Waals surface area contributed by atoms with Crippen molar-refractivity contribution < 1.29 is 19.4 Å². The number of carbonyl (C=O) groups is 1. The number of carbonyl (C=O) groups excluding carboxylic acids is 1. The van der Waals surface area contributed by atoms with Crippen LogP contribution in [0.25, 0.3) is 11.1 Å². The van der Waals surface area contributed by atoms with Gasteiger partial charge in [0.1, 0.15) is 6.33 Å². The number of nitrogens with zero attached hydrogens (tertiary/aromatic N) is 3. The SMILES string of the molecule is O=C(NCc1cccc(-c2ccc([C@H]3O[C@@H](CSc4ncn[nH]4)C[C@@H](c4ccc(CO)cc4)O3)cc2)c1)c1cccnc1. The minimum absolute atomic E-state index is 0.00326. The number of H-pyrrole nitrogens is 1. The van der Waals surface area contributed by atoms with E-state index in [0.717, 1.165) is 38.5 Å². The molecule has 0 saturated carbocycles. The summed E-state index contributed by atoms with van der Waals surface area (Å²) in [6.07, 6.45) is 4.61. The summed E-state index contributed by atoms with van der Waals surface area (Å²) in [6.45, 7) is 0.417. The highest BCUT2D eigenvalue weighted by atomic mass is 32.2. The number of rotatable bonds is 10. The van der Waals surface area contributed by atoms with E-state index in [-0.39, 0.29) is 24.7 Å². The van der Waals surface area contributed by atoms with Gasteiger partial charge in [0, 0.05) is 36.7 Å². The molecule has 0 unspecified atom stereocenters. The van der Waals surface area contributed by atoms with Gasteiger partial charge in [0.25, 0.3) is 5.91 Å². The van der Waals surface area contributed by atoms with Crippen LogP contribution < -0.4 is 5.32 Å². The van der Waals surface area contributed by atoms with Crippen molar-refractivity contribution in [3.63, 3.8) is 0 Å². The van der Waals surface area contributed by atoms with Gasteiger partial charge in [0.15, 0.2) is 11.4 Å². The molecule has 218 valence electrons. The molecular formula is C33H31N5O4S. The van der Waals surface area contributed by atoms with Gasteiger partial charge in [-0.15, -0.1) is 0 Å². The van der Waals surface area contributed by atoms with Crippen LogP contribution in [0.1, 0.15) is 51.4 Å². The molecule has 0 bridgehead atoms. The largest absolute Gasteiger partial charge is 0.392 e. The molecule has 1 amide bonds. The first-order valence-electron chi connectivity index (χ1n) is 14.0. The molecule has 2 aromatic heterocycles. The first-order valence-corrected chi connectivity index (χ1v) is 15.0. The number of aliphatic hydroxyl groups excluding tert-OH is 1. The summed E-state index contributed by atoms with van der Waals surface area (Å²) in [5, 5.41) is 20.0. The zero-order valence-electron chi connectivity index (χ0n) is 23.3. The summed E-state index contributed by atoms with van der Waals surface area (Å²) in [5.74, 6) is 0.540. The van der Waals surface area contributed by atoms with Crippen LogP contribution in [0.3, 0.4) is 0 Å². The summed E-state index contributed by atoms with van der Waals surface area (Å²) in [7, 11) is 0. The normalized spacial score (nSPS) is 18.3. The Labute approximate surface area is 253 Å². The molecule has 0 spiro atoms. The van der Waals surface area contributed by atoms with Gasteiger partial charge in [0.05, 0.1) is 24.4 Å². The molecule has 10 heteroatoms. The van der Waals surface area contributed by atoms with Crippen LogP contribution in [0.2, 0.25) is 0 Å². The predicted molar refractivity (Wildman–Crippen MR) is 163 cm³/mol. The quantitative estimate of drug-likeness (QED) is 0.178. The number of nitrogens with one attached hydrogen (secondary N) is 2. The molecule has 5 aromatic rings. The van der Waals surface area contributed by atoms with Crippen LogP contribution in [0, 0.1) is 0 Å². The highest BCUT2D eigenvalue weighted by Gasteiger charge is 2.32. The van der Waals surface area contributed by atoms with Crippen molar-refractivity contribution in [1.29, 1.82) is 0 Å². The first-order chi connectivity index (χ1) is 21.1.